The van der Waals surface area contributed by atoms with Crippen LogP contribution >= 0.6 is 0 Å². The standard InChI is InChI=1S/C14H17NO3/c1-3-17-14(16)9-6-10-18-13-8-5-4-7-12(13)11-15-2/h4-9,11H,3,10H2,1-2H3/b9-6+,15-11?. The van der Waals surface area contributed by atoms with Crippen LogP contribution in [0.25, 0.3) is 0 Å². The van der Waals surface area contributed by atoms with Crippen LogP contribution in [0.4, 0.5) is 0 Å². The molecule has 1 rings (SSSR count). The number of rotatable bonds is 6. The van der Waals surface area contributed by atoms with E-state index in [1.807, 2.05) is 24.3 Å². The zero-order valence-electron chi connectivity index (χ0n) is 10.6. The smallest absolute Gasteiger partial charge is 0.330 e. The second-order valence-corrected chi connectivity index (χ2v) is 3.39. The molecule has 0 amide bonds. The quantitative estimate of drug-likeness (QED) is 0.440. The molecule has 0 aliphatic carbocycles. The topological polar surface area (TPSA) is 47.9 Å². The van der Waals surface area contributed by atoms with Gasteiger partial charge in [0.25, 0.3) is 0 Å². The molecule has 0 aliphatic rings. The third-order valence-corrected chi connectivity index (χ3v) is 2.06. The van der Waals surface area contributed by atoms with Crippen molar-refractivity contribution in [1.82, 2.24) is 0 Å². The Morgan fingerprint density at radius 1 is 1.39 bits per heavy atom. The molecule has 1 aromatic carbocycles. The highest BCUT2D eigenvalue weighted by molar-refractivity contribution is 5.83. The van der Waals surface area contributed by atoms with Gasteiger partial charge in [0.2, 0.25) is 0 Å². The first-order valence-corrected chi connectivity index (χ1v) is 5.75. The number of hydrogen-bond donors (Lipinski definition) is 0. The van der Waals surface area contributed by atoms with Gasteiger partial charge < -0.3 is 9.47 Å². The zero-order valence-corrected chi connectivity index (χ0v) is 10.6. The van der Waals surface area contributed by atoms with Gasteiger partial charge in [0.1, 0.15) is 12.4 Å². The number of para-hydroxylation sites is 1. The lowest BCUT2D eigenvalue weighted by molar-refractivity contribution is -0.137. The van der Waals surface area contributed by atoms with E-state index in [4.69, 9.17) is 9.47 Å². The van der Waals surface area contributed by atoms with Crippen LogP contribution in [0.15, 0.2) is 41.4 Å². The predicted molar refractivity (Wildman–Crippen MR) is 71.2 cm³/mol. The van der Waals surface area contributed by atoms with Gasteiger partial charge in [-0.3, -0.25) is 4.99 Å². The summed E-state index contributed by atoms with van der Waals surface area (Å²) in [5, 5.41) is 0. The summed E-state index contributed by atoms with van der Waals surface area (Å²) >= 11 is 0. The molecule has 0 unspecified atom stereocenters. The summed E-state index contributed by atoms with van der Waals surface area (Å²) in [5.74, 6) is 0.376. The van der Waals surface area contributed by atoms with Crippen LogP contribution in [0.2, 0.25) is 0 Å². The van der Waals surface area contributed by atoms with Crippen molar-refractivity contribution in [2.24, 2.45) is 4.99 Å². The van der Waals surface area contributed by atoms with E-state index < -0.39 is 0 Å². The second-order valence-electron chi connectivity index (χ2n) is 3.39. The lowest BCUT2D eigenvalue weighted by Crippen LogP contribution is -2.01. The van der Waals surface area contributed by atoms with Crippen molar-refractivity contribution in [3.63, 3.8) is 0 Å². The summed E-state index contributed by atoms with van der Waals surface area (Å²) < 4.78 is 10.3. The van der Waals surface area contributed by atoms with Crippen molar-refractivity contribution in [1.29, 1.82) is 0 Å². The molecule has 96 valence electrons. The molecule has 0 radical (unpaired) electrons. The molecular weight excluding hydrogens is 230 g/mol. The first kappa shape index (κ1) is 14.0. The van der Waals surface area contributed by atoms with E-state index in [9.17, 15) is 4.79 Å². The summed E-state index contributed by atoms with van der Waals surface area (Å²) in [7, 11) is 1.71. The fourth-order valence-electron chi connectivity index (χ4n) is 1.33. The van der Waals surface area contributed by atoms with Crippen molar-refractivity contribution in [3.05, 3.63) is 42.0 Å². The van der Waals surface area contributed by atoms with Gasteiger partial charge >= 0.3 is 5.97 Å². The van der Waals surface area contributed by atoms with Crippen molar-refractivity contribution in [2.75, 3.05) is 20.3 Å². The van der Waals surface area contributed by atoms with Gasteiger partial charge in [-0.05, 0) is 25.1 Å². The molecule has 1 aromatic rings. The average Bonchev–Trinajstić information content (AvgIpc) is 2.37. The lowest BCUT2D eigenvalue weighted by Gasteiger charge is -2.06. The fraction of sp³-hybridized carbons (Fsp3) is 0.286. The summed E-state index contributed by atoms with van der Waals surface area (Å²) in [4.78, 5) is 15.0. The Hall–Kier alpha value is -2.10. The second kappa shape index (κ2) is 8.06. The van der Waals surface area contributed by atoms with Gasteiger partial charge in [-0.1, -0.05) is 12.1 Å². The van der Waals surface area contributed by atoms with Crippen LogP contribution in [-0.4, -0.2) is 32.4 Å². The van der Waals surface area contributed by atoms with Crippen LogP contribution in [0.1, 0.15) is 12.5 Å². The van der Waals surface area contributed by atoms with Crippen LogP contribution in [0.5, 0.6) is 5.75 Å². The molecule has 0 saturated heterocycles. The van der Waals surface area contributed by atoms with Gasteiger partial charge in [-0.25, -0.2) is 4.79 Å². The Balaban J connectivity index is 2.51. The van der Waals surface area contributed by atoms with Crippen molar-refractivity contribution < 1.29 is 14.3 Å². The molecule has 0 fully saturated rings. The van der Waals surface area contributed by atoms with E-state index in [-0.39, 0.29) is 5.97 Å². The number of aliphatic imine (C=N–C) groups is 1. The summed E-state index contributed by atoms with van der Waals surface area (Å²) in [6.45, 7) is 2.45. The molecule has 0 N–H and O–H groups in total. The molecule has 18 heavy (non-hydrogen) atoms. The molecule has 4 heteroatoms. The van der Waals surface area contributed by atoms with Crippen molar-refractivity contribution in [2.45, 2.75) is 6.92 Å². The number of carbonyl (C=O) groups excluding carboxylic acids is 1. The van der Waals surface area contributed by atoms with Crippen molar-refractivity contribution >= 4 is 12.2 Å². The average molecular weight is 247 g/mol. The van der Waals surface area contributed by atoms with Gasteiger partial charge in [0.05, 0.1) is 6.61 Å². The molecule has 0 atom stereocenters. The minimum atomic E-state index is -0.357. The van der Waals surface area contributed by atoms with E-state index in [2.05, 4.69) is 4.99 Å². The Kier molecular flexibility index (Phi) is 6.25. The van der Waals surface area contributed by atoms with E-state index in [0.717, 1.165) is 11.3 Å². The normalized spacial score (nSPS) is 11.0. The fourth-order valence-corrected chi connectivity index (χ4v) is 1.33. The van der Waals surface area contributed by atoms with Crippen LogP contribution in [0, 0.1) is 0 Å². The number of hydrogen-bond acceptors (Lipinski definition) is 4. The summed E-state index contributed by atoms with van der Waals surface area (Å²) in [5.41, 5.74) is 0.907. The van der Waals surface area contributed by atoms with Gasteiger partial charge in [-0.15, -0.1) is 0 Å². The highest BCUT2D eigenvalue weighted by Crippen LogP contribution is 2.15. The molecule has 0 bridgehead atoms. The third kappa shape index (κ3) is 4.82. The van der Waals surface area contributed by atoms with E-state index in [1.165, 1.54) is 6.08 Å². The van der Waals surface area contributed by atoms with Crippen molar-refractivity contribution in [3.8, 4) is 5.75 Å². The number of esters is 1. The van der Waals surface area contributed by atoms with Crippen LogP contribution in [-0.2, 0) is 9.53 Å². The molecular formula is C14H17NO3. The largest absolute Gasteiger partial charge is 0.489 e. The zero-order chi connectivity index (χ0) is 13.2. The molecule has 0 saturated carbocycles. The highest BCUT2D eigenvalue weighted by Gasteiger charge is 1.99. The van der Waals surface area contributed by atoms with Crippen LogP contribution < -0.4 is 4.74 Å². The Morgan fingerprint density at radius 3 is 2.89 bits per heavy atom. The Labute approximate surface area is 107 Å². The first-order chi connectivity index (χ1) is 8.77. The number of ether oxygens (including phenoxy) is 2. The Bertz CT molecular complexity index is 438. The van der Waals surface area contributed by atoms with E-state index in [0.29, 0.717) is 13.2 Å². The molecule has 0 aliphatic heterocycles. The SMILES string of the molecule is CCOC(=O)/C=C/COc1ccccc1C=NC. The molecule has 4 nitrogen and oxygen atoms in total. The predicted octanol–water partition coefficient (Wildman–Crippen LogP) is 2.23. The first-order valence-electron chi connectivity index (χ1n) is 5.75. The monoisotopic (exact) mass is 247 g/mol. The van der Waals surface area contributed by atoms with Gasteiger partial charge in [0, 0.05) is 24.9 Å². The van der Waals surface area contributed by atoms with Gasteiger partial charge in [0.15, 0.2) is 0 Å². The maximum atomic E-state index is 11.0. The summed E-state index contributed by atoms with van der Waals surface area (Å²) in [6, 6.07) is 7.57. The van der Waals surface area contributed by atoms with E-state index >= 15 is 0 Å². The molecule has 0 aromatic heterocycles. The maximum absolute atomic E-state index is 11.0. The number of benzene rings is 1. The van der Waals surface area contributed by atoms with E-state index in [1.54, 1.807) is 26.3 Å². The third-order valence-electron chi connectivity index (χ3n) is 2.06. The maximum Gasteiger partial charge on any atom is 0.330 e. The Morgan fingerprint density at radius 2 is 2.17 bits per heavy atom. The summed E-state index contributed by atoms with van der Waals surface area (Å²) in [6.07, 6.45) is 4.71. The van der Waals surface area contributed by atoms with Crippen LogP contribution in [0.3, 0.4) is 0 Å². The number of carbonyl (C=O) groups is 1. The lowest BCUT2D eigenvalue weighted by atomic mass is 10.2. The van der Waals surface area contributed by atoms with Gasteiger partial charge in [-0.2, -0.15) is 0 Å². The minimum Gasteiger partial charge on any atom is -0.489 e. The molecule has 0 heterocycles. The highest BCUT2D eigenvalue weighted by atomic mass is 16.5. The molecule has 0 spiro atoms. The minimum absolute atomic E-state index is 0.313. The number of nitrogens with zero attached hydrogens (tertiary/aromatic N) is 1.